The van der Waals surface area contributed by atoms with Crippen LogP contribution in [0.25, 0.3) is 0 Å². The van der Waals surface area contributed by atoms with Gasteiger partial charge in [0.2, 0.25) is 0 Å². The molecule has 0 radical (unpaired) electrons. The molecule has 1 aliphatic heterocycles. The average Bonchev–Trinajstić information content (AvgIpc) is 2.02. The molecule has 2 N–H and O–H groups in total. The Kier molecular flexibility index (Phi) is 3.86. The third-order valence-corrected chi connectivity index (χ3v) is 3.41. The van der Waals surface area contributed by atoms with Crippen LogP contribution < -0.4 is 0 Å². The summed E-state index contributed by atoms with van der Waals surface area (Å²) < 4.78 is 0. The molecular formula is C10H19NO2. The van der Waals surface area contributed by atoms with Gasteiger partial charge >= 0.3 is 0 Å². The highest BCUT2D eigenvalue weighted by Crippen LogP contribution is 2.33. The number of rotatable bonds is 0. The van der Waals surface area contributed by atoms with Crippen molar-refractivity contribution in [2.45, 2.75) is 32.7 Å². The lowest BCUT2D eigenvalue weighted by atomic mass is 9.78. The summed E-state index contributed by atoms with van der Waals surface area (Å²) in [6.45, 7) is 7.43. The Morgan fingerprint density at radius 3 is 2.54 bits per heavy atom. The summed E-state index contributed by atoms with van der Waals surface area (Å²) >= 11 is 0. The molecule has 0 saturated carbocycles. The quantitative estimate of drug-likeness (QED) is 0.521. The van der Waals surface area contributed by atoms with Gasteiger partial charge in [0.25, 0.3) is 0 Å². The van der Waals surface area contributed by atoms with Crippen molar-refractivity contribution < 1.29 is 10.3 Å². The van der Waals surface area contributed by atoms with Crippen molar-refractivity contribution in [1.29, 1.82) is 0 Å². The molecule has 0 aromatic rings. The second-order valence-corrected chi connectivity index (χ2v) is 4.17. The Bertz CT molecular complexity index is 229. The largest absolute Gasteiger partial charge is 0.412 e. The van der Waals surface area contributed by atoms with Crippen molar-refractivity contribution in [1.82, 2.24) is 4.90 Å². The third-order valence-electron chi connectivity index (χ3n) is 3.41. The highest BCUT2D eigenvalue weighted by molar-refractivity contribution is 5.54. The molecule has 0 bridgehead atoms. The van der Waals surface area contributed by atoms with E-state index < -0.39 is 0 Å². The van der Waals surface area contributed by atoms with E-state index in [0.29, 0.717) is 5.92 Å². The van der Waals surface area contributed by atoms with Crippen LogP contribution in [0.15, 0.2) is 5.57 Å². The maximum Gasteiger partial charge on any atom is 0.123 e. The lowest BCUT2D eigenvalue weighted by molar-refractivity contribution is 0.0885. The fourth-order valence-corrected chi connectivity index (χ4v) is 1.69. The zero-order valence-electron chi connectivity index (χ0n) is 8.85. The van der Waals surface area contributed by atoms with Crippen LogP contribution in [0.2, 0.25) is 0 Å². The summed E-state index contributed by atoms with van der Waals surface area (Å²) in [6, 6.07) is 0. The molecule has 0 amide bonds. The summed E-state index contributed by atoms with van der Waals surface area (Å²) in [5.74, 6) is 2.40. The van der Waals surface area contributed by atoms with E-state index in [2.05, 4.69) is 38.7 Å². The second kappa shape index (κ2) is 4.05. The van der Waals surface area contributed by atoms with Gasteiger partial charge in [-0.15, -0.1) is 0 Å². The normalized spacial score (nSPS) is 27.7. The van der Waals surface area contributed by atoms with Gasteiger partial charge in [-0.1, -0.05) is 6.92 Å². The summed E-state index contributed by atoms with van der Waals surface area (Å²) in [4.78, 5) is 12.9. The van der Waals surface area contributed by atoms with Crippen LogP contribution in [0.4, 0.5) is 0 Å². The van der Waals surface area contributed by atoms with Crippen LogP contribution in [-0.2, 0) is 4.79 Å². The van der Waals surface area contributed by atoms with Crippen LogP contribution >= 0.6 is 0 Å². The minimum atomic E-state index is 0. The third kappa shape index (κ3) is 1.99. The first-order chi connectivity index (χ1) is 5.50. The maximum absolute atomic E-state index is 10.6. The van der Waals surface area contributed by atoms with Crippen molar-refractivity contribution in [3.8, 4) is 0 Å². The molecule has 3 nitrogen and oxygen atoms in total. The lowest BCUT2D eigenvalue weighted by Gasteiger charge is -2.45. The molecule has 1 heterocycles. The molecule has 0 aliphatic carbocycles. The van der Waals surface area contributed by atoms with Crippen LogP contribution in [0.3, 0.4) is 0 Å². The molecule has 13 heavy (non-hydrogen) atoms. The summed E-state index contributed by atoms with van der Waals surface area (Å²) in [7, 11) is 2.11. The molecule has 0 aromatic carbocycles. The van der Waals surface area contributed by atoms with Gasteiger partial charge in [0.05, 0.1) is 0 Å². The van der Waals surface area contributed by atoms with Gasteiger partial charge in [-0.2, -0.15) is 0 Å². The first-order valence-corrected chi connectivity index (χ1v) is 4.45. The molecule has 1 aliphatic rings. The fourth-order valence-electron chi connectivity index (χ4n) is 1.69. The van der Waals surface area contributed by atoms with E-state index in [9.17, 15) is 4.79 Å². The van der Waals surface area contributed by atoms with E-state index in [0.717, 1.165) is 18.5 Å². The number of piperidine rings is 1. The molecule has 1 fully saturated rings. The molecule has 1 atom stereocenters. The SMILES string of the molecule is CC1C(=C=O)CCN(C)C1(C)C.O. The monoisotopic (exact) mass is 185 g/mol. The van der Waals surface area contributed by atoms with Gasteiger partial charge in [0.1, 0.15) is 5.94 Å². The summed E-state index contributed by atoms with van der Waals surface area (Å²) in [5.41, 5.74) is 1.04. The van der Waals surface area contributed by atoms with E-state index in [-0.39, 0.29) is 11.0 Å². The first-order valence-electron chi connectivity index (χ1n) is 4.45. The fraction of sp³-hybridized carbons (Fsp3) is 0.800. The smallest absolute Gasteiger partial charge is 0.123 e. The highest BCUT2D eigenvalue weighted by Gasteiger charge is 2.36. The second-order valence-electron chi connectivity index (χ2n) is 4.17. The zero-order valence-corrected chi connectivity index (χ0v) is 8.85. The molecule has 0 spiro atoms. The molecule has 1 saturated heterocycles. The Labute approximate surface area is 79.7 Å². The predicted molar refractivity (Wildman–Crippen MR) is 53.3 cm³/mol. The number of carbonyl (C=O) groups excluding carboxylic acids is 1. The molecule has 1 unspecified atom stereocenters. The van der Waals surface area contributed by atoms with Crippen molar-refractivity contribution in [2.75, 3.05) is 13.6 Å². The molecule has 76 valence electrons. The van der Waals surface area contributed by atoms with Crippen molar-refractivity contribution in [3.05, 3.63) is 5.57 Å². The molecular weight excluding hydrogens is 166 g/mol. The van der Waals surface area contributed by atoms with Gasteiger partial charge in [-0.3, -0.25) is 0 Å². The number of hydrogen-bond donors (Lipinski definition) is 0. The Morgan fingerprint density at radius 2 is 2.08 bits per heavy atom. The van der Waals surface area contributed by atoms with E-state index in [1.165, 1.54) is 0 Å². The topological polar surface area (TPSA) is 51.8 Å². The van der Waals surface area contributed by atoms with E-state index in [1.807, 2.05) is 0 Å². The van der Waals surface area contributed by atoms with Gasteiger partial charge < -0.3 is 10.4 Å². The van der Waals surface area contributed by atoms with Gasteiger partial charge in [-0.05, 0) is 27.3 Å². The Balaban J connectivity index is 0.00000144. The number of nitrogens with zero attached hydrogens (tertiary/aromatic N) is 1. The van der Waals surface area contributed by atoms with Crippen LogP contribution in [0.5, 0.6) is 0 Å². The van der Waals surface area contributed by atoms with Crippen molar-refractivity contribution in [2.24, 2.45) is 5.92 Å². The zero-order chi connectivity index (χ0) is 9.35. The van der Waals surface area contributed by atoms with Gasteiger partial charge in [0.15, 0.2) is 0 Å². The van der Waals surface area contributed by atoms with E-state index >= 15 is 0 Å². The predicted octanol–water partition coefficient (Wildman–Crippen LogP) is 0.670. The molecule has 0 aromatic heterocycles. The van der Waals surface area contributed by atoms with Crippen molar-refractivity contribution >= 4 is 5.94 Å². The van der Waals surface area contributed by atoms with Crippen LogP contribution in [0, 0.1) is 5.92 Å². The lowest BCUT2D eigenvalue weighted by Crippen LogP contribution is -2.51. The molecule has 1 rings (SSSR count). The van der Waals surface area contributed by atoms with Crippen molar-refractivity contribution in [3.63, 3.8) is 0 Å². The van der Waals surface area contributed by atoms with E-state index in [4.69, 9.17) is 0 Å². The maximum atomic E-state index is 10.6. The standard InChI is InChI=1S/C10H17NO.H2O/c1-8-9(7-12)5-6-11(4)10(8,2)3;/h8H,5-6H2,1-4H3;1H2. The first kappa shape index (κ1) is 12.4. The number of likely N-dealkylation sites (tertiary alicyclic amines) is 1. The average molecular weight is 185 g/mol. The minimum absolute atomic E-state index is 0. The van der Waals surface area contributed by atoms with Crippen LogP contribution in [0.1, 0.15) is 27.2 Å². The van der Waals surface area contributed by atoms with Gasteiger partial charge in [0, 0.05) is 23.6 Å². The summed E-state index contributed by atoms with van der Waals surface area (Å²) in [6.07, 6.45) is 0.880. The Morgan fingerprint density at radius 1 is 1.54 bits per heavy atom. The Hall–Kier alpha value is -0.630. The highest BCUT2D eigenvalue weighted by atomic mass is 16.1. The van der Waals surface area contributed by atoms with E-state index in [1.54, 1.807) is 0 Å². The summed E-state index contributed by atoms with van der Waals surface area (Å²) in [5, 5.41) is 0. The minimum Gasteiger partial charge on any atom is -0.412 e. The van der Waals surface area contributed by atoms with Gasteiger partial charge in [-0.25, -0.2) is 4.79 Å². The number of hydrogen-bond acceptors (Lipinski definition) is 2. The molecule has 3 heteroatoms. The van der Waals surface area contributed by atoms with Crippen LogP contribution in [-0.4, -0.2) is 35.4 Å².